The largest absolute Gasteiger partial charge is 0.478 e. The van der Waals surface area contributed by atoms with Crippen LogP contribution in [0.5, 0.6) is 0 Å². The van der Waals surface area contributed by atoms with E-state index in [0.29, 0.717) is 16.9 Å². The van der Waals surface area contributed by atoms with Gasteiger partial charge in [-0.1, -0.05) is 40.9 Å². The van der Waals surface area contributed by atoms with Gasteiger partial charge >= 0.3 is 5.97 Å². The third-order valence-corrected chi connectivity index (χ3v) is 6.89. The second-order valence-corrected chi connectivity index (χ2v) is 9.24. The first kappa shape index (κ1) is 24.9. The van der Waals surface area contributed by atoms with Crippen LogP contribution in [0.25, 0.3) is 11.8 Å². The highest BCUT2D eigenvalue weighted by atomic mass is 35.5. The summed E-state index contributed by atoms with van der Waals surface area (Å²) in [6.07, 6.45) is 1.47. The molecule has 2 N–H and O–H groups in total. The molecule has 7 nitrogen and oxygen atoms in total. The summed E-state index contributed by atoms with van der Waals surface area (Å²) in [7, 11) is 0. The van der Waals surface area contributed by atoms with E-state index < -0.39 is 17.8 Å². The Bertz CT molecular complexity index is 1480. The number of halogens is 3. The molecule has 0 radical (unpaired) electrons. The standard InChI is InChI=1S/C24H16Cl3N3O4S/c1-11-8-13(12(2)29(11)14-6-7-15(23(33)34)18(26)10-14)9-16-21(31)28-24(35)30(22(16)32)19-5-3-4-17(25)20(19)27/h3-10H,1-2H3,(H,33,34)(H,28,31,35)/b16-9+. The maximum absolute atomic E-state index is 13.4. The predicted molar refractivity (Wildman–Crippen MR) is 140 cm³/mol. The molecule has 2 amide bonds. The van der Waals surface area contributed by atoms with Crippen LogP contribution in [-0.4, -0.2) is 32.6 Å². The molecule has 4 rings (SSSR count). The van der Waals surface area contributed by atoms with Gasteiger partial charge in [-0.2, -0.15) is 0 Å². The van der Waals surface area contributed by atoms with Crippen LogP contribution in [0.3, 0.4) is 0 Å². The molecular weight excluding hydrogens is 533 g/mol. The zero-order valence-electron chi connectivity index (χ0n) is 18.2. The number of nitrogens with zero attached hydrogens (tertiary/aromatic N) is 2. The van der Waals surface area contributed by atoms with Crippen LogP contribution >= 0.6 is 47.0 Å². The SMILES string of the molecule is Cc1cc(/C=C2\C(=O)NC(=S)N(c3cccc(Cl)c3Cl)C2=O)c(C)n1-c1ccc(C(=O)O)c(Cl)c1. The number of aromatic nitrogens is 1. The number of carbonyl (C=O) groups excluding carboxylic acids is 2. The van der Waals surface area contributed by atoms with E-state index in [-0.39, 0.29) is 37.0 Å². The van der Waals surface area contributed by atoms with Crippen LogP contribution in [0.2, 0.25) is 15.1 Å². The van der Waals surface area contributed by atoms with Crippen molar-refractivity contribution in [2.75, 3.05) is 4.90 Å². The topological polar surface area (TPSA) is 91.6 Å². The average Bonchev–Trinajstić information content (AvgIpc) is 3.06. The summed E-state index contributed by atoms with van der Waals surface area (Å²) in [5.41, 5.74) is 2.81. The number of carboxylic acids is 1. The van der Waals surface area contributed by atoms with E-state index in [1.165, 1.54) is 12.1 Å². The van der Waals surface area contributed by atoms with E-state index in [1.54, 1.807) is 43.3 Å². The van der Waals surface area contributed by atoms with Crippen molar-refractivity contribution in [3.8, 4) is 5.69 Å². The minimum absolute atomic E-state index is 0.0135. The van der Waals surface area contributed by atoms with Gasteiger partial charge in [0.1, 0.15) is 5.57 Å². The lowest BCUT2D eigenvalue weighted by atomic mass is 10.1. The Labute approximate surface area is 220 Å². The fourth-order valence-electron chi connectivity index (χ4n) is 3.84. The first-order chi connectivity index (χ1) is 16.5. The van der Waals surface area contributed by atoms with Gasteiger partial charge in [0.2, 0.25) is 0 Å². The van der Waals surface area contributed by atoms with Gasteiger partial charge in [0, 0.05) is 17.1 Å². The Balaban J connectivity index is 1.78. The molecule has 0 unspecified atom stereocenters. The molecule has 1 aliphatic heterocycles. The van der Waals surface area contributed by atoms with Gasteiger partial charge in [0.15, 0.2) is 5.11 Å². The molecule has 0 atom stereocenters. The van der Waals surface area contributed by atoms with Crippen molar-refractivity contribution in [3.63, 3.8) is 0 Å². The Hall–Kier alpha value is -3.17. The number of hydrogen-bond acceptors (Lipinski definition) is 4. The van der Waals surface area contributed by atoms with E-state index in [1.807, 2.05) is 11.5 Å². The summed E-state index contributed by atoms with van der Waals surface area (Å²) < 4.78 is 1.84. The molecular formula is C24H16Cl3N3O4S. The number of thiocarbonyl (C=S) groups is 1. The van der Waals surface area contributed by atoms with Crippen molar-refractivity contribution in [3.05, 3.63) is 85.6 Å². The van der Waals surface area contributed by atoms with E-state index in [9.17, 15) is 19.5 Å². The number of anilines is 1. The van der Waals surface area contributed by atoms with Crippen molar-refractivity contribution in [2.45, 2.75) is 13.8 Å². The number of amides is 2. The van der Waals surface area contributed by atoms with Gasteiger partial charge in [-0.05, 0) is 74.1 Å². The Kier molecular flexibility index (Phi) is 6.75. The van der Waals surface area contributed by atoms with Crippen molar-refractivity contribution >= 4 is 81.7 Å². The summed E-state index contributed by atoms with van der Waals surface area (Å²) >= 11 is 23.8. The molecule has 2 heterocycles. The van der Waals surface area contributed by atoms with Gasteiger partial charge in [0.25, 0.3) is 11.8 Å². The number of benzene rings is 2. The average molecular weight is 549 g/mol. The first-order valence-corrected chi connectivity index (χ1v) is 11.6. The zero-order chi connectivity index (χ0) is 25.6. The molecule has 3 aromatic rings. The second-order valence-electron chi connectivity index (χ2n) is 7.66. The molecule has 11 heteroatoms. The van der Waals surface area contributed by atoms with Gasteiger partial charge in [-0.3, -0.25) is 19.8 Å². The van der Waals surface area contributed by atoms with Gasteiger partial charge in [-0.25, -0.2) is 4.79 Å². The van der Waals surface area contributed by atoms with Gasteiger partial charge in [0.05, 0.1) is 26.3 Å². The zero-order valence-corrected chi connectivity index (χ0v) is 21.3. The number of hydrogen-bond donors (Lipinski definition) is 2. The van der Waals surface area contributed by atoms with Crippen LogP contribution in [0.15, 0.2) is 48.0 Å². The monoisotopic (exact) mass is 547 g/mol. The molecule has 0 aliphatic carbocycles. The molecule has 35 heavy (non-hydrogen) atoms. The number of nitrogens with one attached hydrogen (secondary N) is 1. The summed E-state index contributed by atoms with van der Waals surface area (Å²) in [5.74, 6) is -2.42. The summed E-state index contributed by atoms with van der Waals surface area (Å²) in [4.78, 5) is 38.5. The van der Waals surface area contributed by atoms with E-state index in [2.05, 4.69) is 5.32 Å². The quantitative estimate of drug-likeness (QED) is 0.252. The van der Waals surface area contributed by atoms with Crippen LogP contribution in [0.4, 0.5) is 5.69 Å². The molecule has 178 valence electrons. The van der Waals surface area contributed by atoms with Gasteiger partial charge in [-0.15, -0.1) is 0 Å². The molecule has 1 saturated heterocycles. The molecule has 2 aromatic carbocycles. The number of aromatic carboxylic acids is 1. The third-order valence-electron chi connectivity index (χ3n) is 5.49. The highest BCUT2D eigenvalue weighted by molar-refractivity contribution is 7.80. The molecule has 1 fully saturated rings. The number of carboxylic acid groups (broad SMARTS) is 1. The summed E-state index contributed by atoms with van der Waals surface area (Å²) in [6, 6.07) is 11.2. The summed E-state index contributed by atoms with van der Waals surface area (Å²) in [6.45, 7) is 3.64. The van der Waals surface area contributed by atoms with Gasteiger partial charge < -0.3 is 9.67 Å². The lowest BCUT2D eigenvalue weighted by Gasteiger charge is -2.29. The molecule has 1 aromatic heterocycles. The van der Waals surface area contributed by atoms with E-state index in [4.69, 9.17) is 47.0 Å². The molecule has 0 spiro atoms. The van der Waals surface area contributed by atoms with Crippen molar-refractivity contribution in [1.29, 1.82) is 0 Å². The minimum Gasteiger partial charge on any atom is -0.478 e. The first-order valence-electron chi connectivity index (χ1n) is 10.1. The molecule has 1 aliphatic rings. The minimum atomic E-state index is -1.13. The van der Waals surface area contributed by atoms with Crippen LogP contribution in [0.1, 0.15) is 27.3 Å². The number of carbonyl (C=O) groups is 3. The fraction of sp³-hybridized carbons (Fsp3) is 0.0833. The van der Waals surface area contributed by atoms with E-state index in [0.717, 1.165) is 10.6 Å². The third kappa shape index (κ3) is 4.46. The van der Waals surface area contributed by atoms with Crippen LogP contribution in [-0.2, 0) is 9.59 Å². The Morgan fingerprint density at radius 3 is 2.43 bits per heavy atom. The predicted octanol–water partition coefficient (Wildman–Crippen LogP) is 5.58. The maximum atomic E-state index is 13.4. The Morgan fingerprint density at radius 1 is 1.06 bits per heavy atom. The molecule has 0 bridgehead atoms. The van der Waals surface area contributed by atoms with Crippen molar-refractivity contribution in [2.24, 2.45) is 0 Å². The number of aryl methyl sites for hydroxylation is 1. The summed E-state index contributed by atoms with van der Waals surface area (Å²) in [5, 5.41) is 12.1. The highest BCUT2D eigenvalue weighted by Crippen LogP contribution is 2.35. The lowest BCUT2D eigenvalue weighted by Crippen LogP contribution is -2.54. The smallest absolute Gasteiger partial charge is 0.337 e. The Morgan fingerprint density at radius 2 is 1.77 bits per heavy atom. The maximum Gasteiger partial charge on any atom is 0.337 e. The highest BCUT2D eigenvalue weighted by Gasteiger charge is 2.36. The lowest BCUT2D eigenvalue weighted by molar-refractivity contribution is -0.122. The fourth-order valence-corrected chi connectivity index (χ4v) is 4.75. The van der Waals surface area contributed by atoms with Crippen molar-refractivity contribution in [1.82, 2.24) is 9.88 Å². The van der Waals surface area contributed by atoms with Crippen molar-refractivity contribution < 1.29 is 19.5 Å². The van der Waals surface area contributed by atoms with Crippen LogP contribution in [0, 0.1) is 13.8 Å². The van der Waals surface area contributed by atoms with E-state index >= 15 is 0 Å². The number of rotatable bonds is 4. The van der Waals surface area contributed by atoms with Crippen LogP contribution < -0.4 is 10.2 Å². The second kappa shape index (κ2) is 9.47. The normalized spacial score (nSPS) is 15.1. The molecule has 0 saturated carbocycles.